The van der Waals surface area contributed by atoms with E-state index in [9.17, 15) is 0 Å². The van der Waals surface area contributed by atoms with Crippen LogP contribution in [0.25, 0.3) is 0 Å². The summed E-state index contributed by atoms with van der Waals surface area (Å²) in [5.74, 6) is 0. The highest BCUT2D eigenvalue weighted by molar-refractivity contribution is 7.99. The standard InChI is InChI=1S/C10H19N3S/c1-8(14-3)4-5-11-6-10-7-12-13-9(10)2/h7-8,11H,4-6H2,1-3H3,(H,12,13). The highest BCUT2D eigenvalue weighted by Gasteiger charge is 2.01. The minimum absolute atomic E-state index is 0.743. The zero-order valence-corrected chi connectivity index (χ0v) is 9.95. The minimum Gasteiger partial charge on any atom is -0.313 e. The van der Waals surface area contributed by atoms with E-state index in [1.54, 1.807) is 0 Å². The van der Waals surface area contributed by atoms with Gasteiger partial charge in [-0.15, -0.1) is 0 Å². The van der Waals surface area contributed by atoms with Crippen molar-refractivity contribution in [3.05, 3.63) is 17.5 Å². The zero-order valence-electron chi connectivity index (χ0n) is 9.13. The smallest absolute Gasteiger partial charge is 0.0535 e. The molecule has 0 fully saturated rings. The van der Waals surface area contributed by atoms with Crippen LogP contribution in [0.15, 0.2) is 6.20 Å². The Morgan fingerprint density at radius 2 is 2.43 bits per heavy atom. The van der Waals surface area contributed by atoms with Crippen molar-refractivity contribution in [1.29, 1.82) is 0 Å². The predicted molar refractivity (Wildman–Crippen MR) is 62.6 cm³/mol. The molecule has 0 saturated heterocycles. The molecule has 0 aromatic carbocycles. The second kappa shape index (κ2) is 6.09. The maximum Gasteiger partial charge on any atom is 0.0535 e. The Hall–Kier alpha value is -0.480. The third-order valence-electron chi connectivity index (χ3n) is 2.38. The van der Waals surface area contributed by atoms with Gasteiger partial charge in [0.05, 0.1) is 6.20 Å². The van der Waals surface area contributed by atoms with Crippen molar-refractivity contribution >= 4 is 11.8 Å². The van der Waals surface area contributed by atoms with Gasteiger partial charge in [-0.05, 0) is 26.1 Å². The Bertz CT molecular complexity index is 260. The number of aryl methyl sites for hydroxylation is 1. The molecule has 0 amide bonds. The third-order valence-corrected chi connectivity index (χ3v) is 3.42. The first kappa shape index (κ1) is 11.6. The van der Waals surface area contributed by atoms with Crippen LogP contribution in [0.1, 0.15) is 24.6 Å². The average molecular weight is 213 g/mol. The lowest BCUT2D eigenvalue weighted by molar-refractivity contribution is 0.646. The molecule has 4 heteroatoms. The topological polar surface area (TPSA) is 40.7 Å². The van der Waals surface area contributed by atoms with E-state index < -0.39 is 0 Å². The number of hydrogen-bond donors (Lipinski definition) is 2. The summed E-state index contributed by atoms with van der Waals surface area (Å²) >= 11 is 1.92. The van der Waals surface area contributed by atoms with Crippen LogP contribution in [0.3, 0.4) is 0 Å². The molecule has 0 aliphatic carbocycles. The van der Waals surface area contributed by atoms with Crippen LogP contribution in [0.2, 0.25) is 0 Å². The third kappa shape index (κ3) is 3.72. The van der Waals surface area contributed by atoms with E-state index >= 15 is 0 Å². The molecule has 0 aliphatic heterocycles. The number of nitrogens with zero attached hydrogens (tertiary/aromatic N) is 1. The normalized spacial score (nSPS) is 13.1. The van der Waals surface area contributed by atoms with Gasteiger partial charge >= 0.3 is 0 Å². The van der Waals surface area contributed by atoms with Gasteiger partial charge in [-0.3, -0.25) is 5.10 Å². The molecule has 2 N–H and O–H groups in total. The molecule has 3 nitrogen and oxygen atoms in total. The molecule has 0 bridgehead atoms. The molecule has 80 valence electrons. The number of nitrogens with one attached hydrogen (secondary N) is 2. The number of aromatic amines is 1. The van der Waals surface area contributed by atoms with Crippen LogP contribution in [-0.4, -0.2) is 28.2 Å². The first-order valence-electron chi connectivity index (χ1n) is 4.96. The van der Waals surface area contributed by atoms with Crippen LogP contribution >= 0.6 is 11.8 Å². The van der Waals surface area contributed by atoms with Crippen molar-refractivity contribution < 1.29 is 0 Å². The van der Waals surface area contributed by atoms with Crippen LogP contribution in [0.5, 0.6) is 0 Å². The molecule has 1 unspecified atom stereocenters. The fourth-order valence-electron chi connectivity index (χ4n) is 1.20. The van der Waals surface area contributed by atoms with Gasteiger partial charge in [-0.1, -0.05) is 6.92 Å². The quantitative estimate of drug-likeness (QED) is 0.710. The SMILES string of the molecule is CSC(C)CCNCc1cn[nH]c1C. The molecule has 1 rings (SSSR count). The Labute approximate surface area is 90.1 Å². The fraction of sp³-hybridized carbons (Fsp3) is 0.700. The van der Waals surface area contributed by atoms with Crippen molar-refractivity contribution in [3.63, 3.8) is 0 Å². The molecule has 1 heterocycles. The summed E-state index contributed by atoms with van der Waals surface area (Å²) in [7, 11) is 0. The number of H-pyrrole nitrogens is 1. The Morgan fingerprint density at radius 3 is 3.00 bits per heavy atom. The molecule has 0 aliphatic rings. The summed E-state index contributed by atoms with van der Waals surface area (Å²) < 4.78 is 0. The average Bonchev–Trinajstić information content (AvgIpc) is 2.58. The first-order chi connectivity index (χ1) is 6.74. The summed E-state index contributed by atoms with van der Waals surface area (Å²) in [6, 6.07) is 0. The number of rotatable bonds is 6. The highest BCUT2D eigenvalue weighted by atomic mass is 32.2. The van der Waals surface area contributed by atoms with Gasteiger partial charge in [0.1, 0.15) is 0 Å². The van der Waals surface area contributed by atoms with Gasteiger partial charge in [-0.25, -0.2) is 0 Å². The number of thioether (sulfide) groups is 1. The van der Waals surface area contributed by atoms with Gasteiger partial charge in [0.2, 0.25) is 0 Å². The molecule has 1 aromatic heterocycles. The second-order valence-electron chi connectivity index (χ2n) is 3.53. The van der Waals surface area contributed by atoms with Crippen LogP contribution in [0, 0.1) is 6.92 Å². The van der Waals surface area contributed by atoms with Crippen LogP contribution < -0.4 is 5.32 Å². The lowest BCUT2D eigenvalue weighted by Crippen LogP contribution is -2.17. The molecule has 1 aromatic rings. The van der Waals surface area contributed by atoms with Crippen LogP contribution in [0.4, 0.5) is 0 Å². The predicted octanol–water partition coefficient (Wildman–Crippen LogP) is 1.95. The molecule has 0 saturated carbocycles. The van der Waals surface area contributed by atoms with E-state index in [0.717, 1.165) is 24.0 Å². The Morgan fingerprint density at radius 1 is 1.64 bits per heavy atom. The molecular weight excluding hydrogens is 194 g/mol. The molecule has 14 heavy (non-hydrogen) atoms. The zero-order chi connectivity index (χ0) is 10.4. The Kier molecular flexibility index (Phi) is 5.04. The van der Waals surface area contributed by atoms with Crippen molar-refractivity contribution in [2.24, 2.45) is 0 Å². The van der Waals surface area contributed by atoms with Gasteiger partial charge in [0.15, 0.2) is 0 Å². The van der Waals surface area contributed by atoms with E-state index in [1.807, 2.05) is 18.0 Å². The summed E-state index contributed by atoms with van der Waals surface area (Å²) in [6.07, 6.45) is 5.27. The van der Waals surface area contributed by atoms with E-state index in [0.29, 0.717) is 0 Å². The van der Waals surface area contributed by atoms with E-state index in [-0.39, 0.29) is 0 Å². The van der Waals surface area contributed by atoms with E-state index in [4.69, 9.17) is 0 Å². The summed E-state index contributed by atoms with van der Waals surface area (Å²) in [6.45, 7) is 6.31. The molecule has 0 spiro atoms. The van der Waals surface area contributed by atoms with Gasteiger partial charge in [0.25, 0.3) is 0 Å². The van der Waals surface area contributed by atoms with Crippen LogP contribution in [-0.2, 0) is 6.54 Å². The first-order valence-corrected chi connectivity index (χ1v) is 6.25. The molecular formula is C10H19N3S. The summed E-state index contributed by atoms with van der Waals surface area (Å²) in [5, 5.41) is 11.1. The Balaban J connectivity index is 2.13. The van der Waals surface area contributed by atoms with Crippen molar-refractivity contribution in [3.8, 4) is 0 Å². The lowest BCUT2D eigenvalue weighted by Gasteiger charge is -2.08. The maximum atomic E-state index is 3.98. The van der Waals surface area contributed by atoms with Gasteiger partial charge in [0, 0.05) is 23.1 Å². The highest BCUT2D eigenvalue weighted by Crippen LogP contribution is 2.08. The molecule has 0 radical (unpaired) electrons. The van der Waals surface area contributed by atoms with Gasteiger partial charge < -0.3 is 5.32 Å². The number of hydrogen-bond acceptors (Lipinski definition) is 3. The van der Waals surface area contributed by atoms with Crippen molar-refractivity contribution in [1.82, 2.24) is 15.5 Å². The van der Waals surface area contributed by atoms with E-state index in [2.05, 4.69) is 35.6 Å². The van der Waals surface area contributed by atoms with Gasteiger partial charge in [-0.2, -0.15) is 16.9 Å². The summed E-state index contributed by atoms with van der Waals surface area (Å²) in [4.78, 5) is 0. The molecule has 1 atom stereocenters. The van der Waals surface area contributed by atoms with E-state index in [1.165, 1.54) is 12.0 Å². The van der Waals surface area contributed by atoms with Crippen molar-refractivity contribution in [2.45, 2.75) is 32.1 Å². The fourth-order valence-corrected chi connectivity index (χ4v) is 1.55. The monoisotopic (exact) mass is 213 g/mol. The largest absolute Gasteiger partial charge is 0.313 e. The lowest BCUT2D eigenvalue weighted by atomic mass is 10.2. The summed E-state index contributed by atoms with van der Waals surface area (Å²) in [5.41, 5.74) is 2.43. The maximum absolute atomic E-state index is 3.98. The number of aromatic nitrogens is 2. The second-order valence-corrected chi connectivity index (χ2v) is 4.81. The minimum atomic E-state index is 0.743. The van der Waals surface area contributed by atoms with Crippen molar-refractivity contribution in [2.75, 3.05) is 12.8 Å².